The molecule has 218 valence electrons. The maximum atomic E-state index is 14.1. The van der Waals surface area contributed by atoms with Gasteiger partial charge >= 0.3 is 5.97 Å². The van der Waals surface area contributed by atoms with Gasteiger partial charge in [0.25, 0.3) is 11.8 Å². The molecular weight excluding hydrogens is 651 g/mol. The molecule has 0 radical (unpaired) electrons. The third kappa shape index (κ3) is 3.64. The number of carbonyl (C=O) groups excluding carboxylic acids is 4. The molecule has 0 spiro atoms. The third-order valence-corrected chi connectivity index (χ3v) is 11.1. The molecule has 0 aromatic heterocycles. The number of allylic oxidation sites excluding steroid dienone is 2. The number of halogens is 3. The van der Waals surface area contributed by atoms with Crippen molar-refractivity contribution in [2.75, 3.05) is 10.4 Å². The second-order valence-corrected chi connectivity index (χ2v) is 13.1. The summed E-state index contributed by atoms with van der Waals surface area (Å²) in [5, 5.41) is 19.9. The highest BCUT2D eigenvalue weighted by Gasteiger charge is 2.76. The van der Waals surface area contributed by atoms with Crippen LogP contribution in [0.1, 0.15) is 45.8 Å². The summed E-state index contributed by atoms with van der Waals surface area (Å²) in [7, 11) is 0. The summed E-state index contributed by atoms with van der Waals surface area (Å²) in [6, 6.07) is 9.00. The monoisotopic (exact) mass is 674 g/mol. The van der Waals surface area contributed by atoms with Crippen LogP contribution in [0, 0.1) is 31.6 Å². The van der Waals surface area contributed by atoms with Crippen LogP contribution in [0.5, 0.6) is 5.75 Å². The van der Waals surface area contributed by atoms with Crippen LogP contribution in [0.25, 0.3) is 0 Å². The number of alkyl halides is 3. The number of aromatic carboxylic acids is 1. The van der Waals surface area contributed by atoms with E-state index in [4.69, 9.17) is 23.2 Å². The van der Waals surface area contributed by atoms with Gasteiger partial charge in [0, 0.05) is 5.92 Å². The normalized spacial score (nSPS) is 32.1. The number of imide groups is 2. The molecule has 2 aliphatic carbocycles. The van der Waals surface area contributed by atoms with Gasteiger partial charge in [-0.1, -0.05) is 45.8 Å². The van der Waals surface area contributed by atoms with Crippen LogP contribution in [0.15, 0.2) is 48.0 Å². The molecular formula is C30H25BrCl2N2O7. The average Bonchev–Trinajstić information content (AvgIpc) is 3.29. The molecule has 6 rings (SSSR count). The van der Waals surface area contributed by atoms with Gasteiger partial charge in [-0.3, -0.25) is 29.0 Å². The van der Waals surface area contributed by atoms with Crippen molar-refractivity contribution in [2.45, 2.75) is 42.4 Å². The number of fused-ring (bicyclic) bond motifs is 4. The number of phenols is 1. The summed E-state index contributed by atoms with van der Waals surface area (Å²) in [6.45, 7) is 3.42. The maximum Gasteiger partial charge on any atom is 0.335 e. The zero-order valence-electron chi connectivity index (χ0n) is 22.4. The van der Waals surface area contributed by atoms with Gasteiger partial charge in [-0.2, -0.15) is 0 Å². The Labute approximate surface area is 259 Å². The first-order valence-electron chi connectivity index (χ1n) is 13.3. The zero-order valence-corrected chi connectivity index (χ0v) is 25.5. The maximum absolute atomic E-state index is 14.1. The predicted molar refractivity (Wildman–Crippen MR) is 157 cm³/mol. The molecule has 2 aliphatic heterocycles. The molecule has 42 heavy (non-hydrogen) atoms. The smallest absolute Gasteiger partial charge is 0.335 e. The van der Waals surface area contributed by atoms with Crippen LogP contribution in [0.2, 0.25) is 0 Å². The van der Waals surface area contributed by atoms with Crippen molar-refractivity contribution < 1.29 is 34.2 Å². The predicted octanol–water partition coefficient (Wildman–Crippen LogP) is 4.62. The van der Waals surface area contributed by atoms with Crippen LogP contribution < -0.4 is 4.90 Å². The Hall–Kier alpha value is -3.21. The number of hydrogen-bond acceptors (Lipinski definition) is 6. The standard InChI is InChI=1S/C30H25BrCl2N2O7/c1-13-8-16(9-14(2)23(13)36)22-18-6-7-19-21(20(18)11-29(32)27(41)34(12-31)28(42)30(22,29)33)25(38)35(24(19)37)17-5-3-4-15(10-17)26(39)40/h3-6,8-10,19-22,36H,7,11-12H2,1-2H3,(H,39,40)/t19-,20+,21-,22-,29+,30-/m0/s1. The molecule has 2 aromatic rings. The van der Waals surface area contributed by atoms with E-state index in [0.717, 1.165) is 9.80 Å². The summed E-state index contributed by atoms with van der Waals surface area (Å²) in [5.41, 5.74) is 2.19. The summed E-state index contributed by atoms with van der Waals surface area (Å²) < 4.78 is 0. The van der Waals surface area contributed by atoms with Crippen LogP contribution >= 0.6 is 39.1 Å². The van der Waals surface area contributed by atoms with Crippen molar-refractivity contribution in [1.82, 2.24) is 4.90 Å². The van der Waals surface area contributed by atoms with E-state index in [1.165, 1.54) is 24.3 Å². The van der Waals surface area contributed by atoms with Crippen molar-refractivity contribution in [1.29, 1.82) is 0 Å². The van der Waals surface area contributed by atoms with E-state index in [9.17, 15) is 34.2 Å². The van der Waals surface area contributed by atoms with Crippen molar-refractivity contribution in [3.05, 3.63) is 70.3 Å². The molecule has 4 aliphatic rings. The molecule has 2 N–H and O–H groups in total. The molecule has 6 atom stereocenters. The molecule has 0 unspecified atom stereocenters. The van der Waals surface area contributed by atoms with E-state index < -0.39 is 63.0 Å². The quantitative estimate of drug-likeness (QED) is 0.209. The second-order valence-electron chi connectivity index (χ2n) is 11.4. The largest absolute Gasteiger partial charge is 0.507 e. The van der Waals surface area contributed by atoms with Gasteiger partial charge in [0.2, 0.25) is 11.8 Å². The number of benzene rings is 2. The lowest BCUT2D eigenvalue weighted by molar-refractivity contribution is -0.138. The number of hydrogen-bond donors (Lipinski definition) is 2. The second kappa shape index (κ2) is 9.65. The highest BCUT2D eigenvalue weighted by Crippen LogP contribution is 2.65. The van der Waals surface area contributed by atoms with E-state index in [2.05, 4.69) is 15.9 Å². The van der Waals surface area contributed by atoms with E-state index >= 15 is 0 Å². The molecule has 3 fully saturated rings. The Morgan fingerprint density at radius 3 is 2.31 bits per heavy atom. The molecule has 2 aromatic carbocycles. The Kier molecular flexibility index (Phi) is 6.64. The Morgan fingerprint density at radius 2 is 1.69 bits per heavy atom. The average molecular weight is 676 g/mol. The minimum atomic E-state index is -1.94. The number of amides is 4. The number of aromatic hydroxyl groups is 1. The third-order valence-electron chi connectivity index (χ3n) is 9.21. The molecule has 2 heterocycles. The van der Waals surface area contributed by atoms with Crippen molar-refractivity contribution in [3.63, 3.8) is 0 Å². The van der Waals surface area contributed by atoms with Crippen LogP contribution in [0.4, 0.5) is 5.69 Å². The Balaban J connectivity index is 1.52. The Morgan fingerprint density at radius 1 is 1.02 bits per heavy atom. The fourth-order valence-corrected chi connectivity index (χ4v) is 8.74. The molecule has 9 nitrogen and oxygen atoms in total. The number of aryl methyl sites for hydroxylation is 2. The topological polar surface area (TPSA) is 132 Å². The zero-order chi connectivity index (χ0) is 30.5. The minimum Gasteiger partial charge on any atom is -0.507 e. The van der Waals surface area contributed by atoms with Crippen molar-refractivity contribution >= 4 is 74.4 Å². The van der Waals surface area contributed by atoms with Gasteiger partial charge in [-0.25, -0.2) is 4.79 Å². The van der Waals surface area contributed by atoms with Gasteiger partial charge in [-0.15, -0.1) is 23.2 Å². The van der Waals surface area contributed by atoms with Gasteiger partial charge in [0.15, 0.2) is 9.75 Å². The fourth-order valence-electron chi connectivity index (χ4n) is 7.32. The first-order valence-corrected chi connectivity index (χ1v) is 15.2. The number of nitrogens with zero attached hydrogens (tertiary/aromatic N) is 2. The van der Waals surface area contributed by atoms with Gasteiger partial charge in [0.1, 0.15) is 5.75 Å². The SMILES string of the molecule is Cc1cc([C@H]2C3=CC[C@@H]4C(=O)N(c5cccc(C(=O)O)c5)C(=O)[C@@H]4[C@@H]3C[C@@]3(Cl)C(=O)N(CBr)C(=O)[C@@]23Cl)cc(C)c1O. The van der Waals surface area contributed by atoms with Gasteiger partial charge < -0.3 is 10.2 Å². The van der Waals surface area contributed by atoms with E-state index in [0.29, 0.717) is 22.3 Å². The highest BCUT2D eigenvalue weighted by molar-refractivity contribution is 9.09. The van der Waals surface area contributed by atoms with E-state index in [1.807, 2.05) is 6.08 Å². The molecule has 0 bridgehead atoms. The summed E-state index contributed by atoms with van der Waals surface area (Å²) in [4.78, 5) is 65.1. The van der Waals surface area contributed by atoms with Gasteiger partial charge in [0.05, 0.1) is 28.5 Å². The first-order chi connectivity index (χ1) is 19.8. The number of rotatable bonds is 4. The van der Waals surface area contributed by atoms with Crippen LogP contribution in [0.3, 0.4) is 0 Å². The Bertz CT molecular complexity index is 1640. The number of likely N-dealkylation sites (tertiary alicyclic amines) is 1. The van der Waals surface area contributed by atoms with Crippen molar-refractivity contribution in [3.8, 4) is 5.75 Å². The van der Waals surface area contributed by atoms with Crippen LogP contribution in [-0.4, -0.2) is 59.9 Å². The van der Waals surface area contributed by atoms with Crippen molar-refractivity contribution in [2.24, 2.45) is 17.8 Å². The van der Waals surface area contributed by atoms with Crippen LogP contribution in [-0.2, 0) is 19.2 Å². The lowest BCUT2D eigenvalue weighted by atomic mass is 9.56. The first kappa shape index (κ1) is 28.9. The number of anilines is 1. The lowest BCUT2D eigenvalue weighted by Gasteiger charge is -2.51. The number of carboxylic acids is 1. The summed E-state index contributed by atoms with van der Waals surface area (Å²) in [5.74, 6) is -6.83. The molecule has 1 saturated carbocycles. The summed E-state index contributed by atoms with van der Waals surface area (Å²) >= 11 is 17.7. The number of phenolic OH excluding ortho intramolecular Hbond substituents is 1. The number of carboxylic acid groups (broad SMARTS) is 1. The molecule has 4 amide bonds. The van der Waals surface area contributed by atoms with E-state index in [1.54, 1.807) is 26.0 Å². The summed E-state index contributed by atoms with van der Waals surface area (Å²) in [6.07, 6.45) is 1.84. The van der Waals surface area contributed by atoms with Gasteiger partial charge in [-0.05, 0) is 67.5 Å². The highest BCUT2D eigenvalue weighted by atomic mass is 79.9. The van der Waals surface area contributed by atoms with E-state index in [-0.39, 0.29) is 35.3 Å². The molecule has 2 saturated heterocycles. The molecule has 12 heteroatoms. The lowest BCUT2D eigenvalue weighted by Crippen LogP contribution is -2.60. The minimum absolute atomic E-state index is 0.0749. The number of carbonyl (C=O) groups is 5. The fraction of sp³-hybridized carbons (Fsp3) is 0.367.